The molecule has 1 rings (SSSR count). The number of benzene rings is 1. The Morgan fingerprint density at radius 1 is 1.47 bits per heavy atom. The molecule has 0 amide bonds. The van der Waals surface area contributed by atoms with Crippen LogP contribution in [-0.4, -0.2) is 11.7 Å². The Balaban J connectivity index is 2.52. The number of hydrogen-bond acceptors (Lipinski definition) is 2. The maximum absolute atomic E-state index is 9.79. The molecule has 1 N–H and O–H groups in total. The fourth-order valence-corrected chi connectivity index (χ4v) is 1.26. The molecule has 0 saturated heterocycles. The van der Waals surface area contributed by atoms with E-state index >= 15 is 0 Å². The van der Waals surface area contributed by atoms with E-state index in [-0.39, 0.29) is 6.54 Å². The molecule has 0 bridgehead atoms. The molecule has 0 aliphatic carbocycles. The Morgan fingerprint density at radius 2 is 2.13 bits per heavy atom. The molecule has 0 aliphatic rings. The number of aliphatic hydroxyl groups excluding tert-OH is 1. The summed E-state index contributed by atoms with van der Waals surface area (Å²) in [5.41, 5.74) is 9.69. The van der Waals surface area contributed by atoms with Crippen molar-refractivity contribution in [3.8, 4) is 0 Å². The number of azide groups is 1. The van der Waals surface area contributed by atoms with E-state index in [1.54, 1.807) is 0 Å². The number of rotatable bonds is 5. The molecule has 15 heavy (non-hydrogen) atoms. The third-order valence-electron chi connectivity index (χ3n) is 2.02. The zero-order valence-electron chi connectivity index (χ0n) is 8.37. The predicted octanol–water partition coefficient (Wildman–Crippen LogP) is 2.98. The smallest absolute Gasteiger partial charge is 0.0827 e. The summed E-state index contributed by atoms with van der Waals surface area (Å²) in [6, 6.07) is 9.34. The van der Waals surface area contributed by atoms with Crippen LogP contribution in [0.15, 0.2) is 47.6 Å². The van der Waals surface area contributed by atoms with Gasteiger partial charge < -0.3 is 5.11 Å². The first-order chi connectivity index (χ1) is 7.24. The molecule has 1 atom stereocenters. The van der Waals surface area contributed by atoms with Gasteiger partial charge in [-0.3, -0.25) is 0 Å². The first-order valence-corrected chi connectivity index (χ1v) is 4.64. The summed E-state index contributed by atoms with van der Waals surface area (Å²) in [6.07, 6.45) is -0.157. The minimum Gasteiger partial charge on any atom is -0.388 e. The van der Waals surface area contributed by atoms with Crippen molar-refractivity contribution >= 4 is 0 Å². The van der Waals surface area contributed by atoms with Gasteiger partial charge in [-0.15, -0.1) is 0 Å². The van der Waals surface area contributed by atoms with Crippen LogP contribution in [0.25, 0.3) is 10.4 Å². The van der Waals surface area contributed by atoms with Crippen molar-refractivity contribution in [3.63, 3.8) is 0 Å². The van der Waals surface area contributed by atoms with Gasteiger partial charge in [0.1, 0.15) is 0 Å². The zero-order chi connectivity index (χ0) is 11.1. The molecular formula is C11H13N3O. The lowest BCUT2D eigenvalue weighted by Crippen LogP contribution is -2.00. The summed E-state index contributed by atoms with van der Waals surface area (Å²) < 4.78 is 0. The Hall–Kier alpha value is -1.77. The lowest BCUT2D eigenvalue weighted by molar-refractivity contribution is 0.178. The molecule has 1 unspecified atom stereocenters. The lowest BCUT2D eigenvalue weighted by Gasteiger charge is -2.11. The third-order valence-corrected chi connectivity index (χ3v) is 2.02. The Bertz CT molecular complexity index is 369. The summed E-state index contributed by atoms with van der Waals surface area (Å²) in [6.45, 7) is 3.97. The average molecular weight is 203 g/mol. The monoisotopic (exact) mass is 203 g/mol. The van der Waals surface area contributed by atoms with Crippen molar-refractivity contribution in [1.29, 1.82) is 0 Å². The first kappa shape index (κ1) is 11.3. The Kier molecular flexibility index (Phi) is 4.41. The van der Waals surface area contributed by atoms with Gasteiger partial charge in [0.15, 0.2) is 0 Å². The highest BCUT2D eigenvalue weighted by molar-refractivity contribution is 5.19. The van der Waals surface area contributed by atoms with Crippen molar-refractivity contribution in [3.05, 3.63) is 58.5 Å². The summed E-state index contributed by atoms with van der Waals surface area (Å²) in [5.74, 6) is 0. The summed E-state index contributed by atoms with van der Waals surface area (Å²) in [5, 5.41) is 13.2. The van der Waals surface area contributed by atoms with E-state index in [0.717, 1.165) is 11.1 Å². The molecule has 0 radical (unpaired) electrons. The minimum absolute atomic E-state index is 0.237. The molecule has 4 heteroatoms. The normalized spacial score (nSPS) is 11.5. The second-order valence-corrected chi connectivity index (χ2v) is 3.27. The molecule has 4 nitrogen and oxygen atoms in total. The zero-order valence-corrected chi connectivity index (χ0v) is 8.37. The second kappa shape index (κ2) is 5.86. The molecule has 0 aromatic heterocycles. The molecular weight excluding hydrogens is 190 g/mol. The number of hydrogen-bond donors (Lipinski definition) is 1. The van der Waals surface area contributed by atoms with Crippen LogP contribution in [0.5, 0.6) is 0 Å². The largest absolute Gasteiger partial charge is 0.388 e. The fraction of sp³-hybridized carbons (Fsp3) is 0.273. The van der Waals surface area contributed by atoms with Gasteiger partial charge in [-0.25, -0.2) is 0 Å². The highest BCUT2D eigenvalue weighted by atomic mass is 16.3. The summed E-state index contributed by atoms with van der Waals surface area (Å²) in [7, 11) is 0. The van der Waals surface area contributed by atoms with Gasteiger partial charge in [-0.2, -0.15) is 0 Å². The highest BCUT2D eigenvalue weighted by Crippen LogP contribution is 2.19. The van der Waals surface area contributed by atoms with E-state index in [1.165, 1.54) is 0 Å². The lowest BCUT2D eigenvalue weighted by atomic mass is 10.0. The summed E-state index contributed by atoms with van der Waals surface area (Å²) in [4.78, 5) is 2.64. The molecule has 1 aromatic rings. The number of nitrogens with zero attached hydrogens (tertiary/aromatic N) is 3. The first-order valence-electron chi connectivity index (χ1n) is 4.64. The molecule has 78 valence electrons. The fourth-order valence-electron chi connectivity index (χ4n) is 1.26. The SMILES string of the molecule is C=C(CN=[N+]=[N-])CC(O)c1ccccc1. The average Bonchev–Trinajstić information content (AvgIpc) is 2.27. The van der Waals surface area contributed by atoms with Gasteiger partial charge >= 0.3 is 0 Å². The highest BCUT2D eigenvalue weighted by Gasteiger charge is 2.07. The minimum atomic E-state index is -0.576. The van der Waals surface area contributed by atoms with Crippen LogP contribution in [0.3, 0.4) is 0 Å². The van der Waals surface area contributed by atoms with Gasteiger partial charge in [0.25, 0.3) is 0 Å². The molecule has 0 heterocycles. The van der Waals surface area contributed by atoms with E-state index in [9.17, 15) is 5.11 Å². The van der Waals surface area contributed by atoms with Crippen LogP contribution >= 0.6 is 0 Å². The van der Waals surface area contributed by atoms with E-state index in [0.29, 0.717) is 6.42 Å². The second-order valence-electron chi connectivity index (χ2n) is 3.27. The molecule has 0 fully saturated rings. The predicted molar refractivity (Wildman–Crippen MR) is 59.2 cm³/mol. The topological polar surface area (TPSA) is 69.0 Å². The number of aliphatic hydroxyl groups is 1. The van der Waals surface area contributed by atoms with Gasteiger partial charge in [-0.1, -0.05) is 47.6 Å². The molecule has 1 aromatic carbocycles. The van der Waals surface area contributed by atoms with Crippen molar-refractivity contribution in [2.45, 2.75) is 12.5 Å². The maximum atomic E-state index is 9.79. The molecule has 0 aliphatic heterocycles. The van der Waals surface area contributed by atoms with Crippen LogP contribution in [0.4, 0.5) is 0 Å². The van der Waals surface area contributed by atoms with E-state index < -0.39 is 6.10 Å². The van der Waals surface area contributed by atoms with E-state index in [1.807, 2.05) is 30.3 Å². The van der Waals surface area contributed by atoms with Gasteiger partial charge in [0.2, 0.25) is 0 Å². The van der Waals surface area contributed by atoms with Crippen LogP contribution < -0.4 is 0 Å². The van der Waals surface area contributed by atoms with Crippen LogP contribution in [0.1, 0.15) is 18.1 Å². The van der Waals surface area contributed by atoms with Gasteiger partial charge in [-0.05, 0) is 17.5 Å². The standard InChI is InChI=1S/C11H13N3O/c1-9(8-13-14-12)7-11(15)10-5-3-2-4-6-10/h2-6,11,15H,1,7-8H2. The van der Waals surface area contributed by atoms with Crippen molar-refractivity contribution in [2.75, 3.05) is 6.54 Å². The van der Waals surface area contributed by atoms with Crippen molar-refractivity contribution in [1.82, 2.24) is 0 Å². The third kappa shape index (κ3) is 3.85. The maximum Gasteiger partial charge on any atom is 0.0827 e. The van der Waals surface area contributed by atoms with E-state index in [4.69, 9.17) is 5.53 Å². The van der Waals surface area contributed by atoms with Gasteiger partial charge in [0.05, 0.1) is 6.10 Å². The quantitative estimate of drug-likeness (QED) is 0.340. The van der Waals surface area contributed by atoms with Crippen molar-refractivity contribution < 1.29 is 5.11 Å². The molecule has 0 saturated carbocycles. The van der Waals surface area contributed by atoms with Gasteiger partial charge in [0, 0.05) is 11.5 Å². The molecule has 0 spiro atoms. The van der Waals surface area contributed by atoms with Crippen LogP contribution in [0.2, 0.25) is 0 Å². The van der Waals surface area contributed by atoms with Crippen LogP contribution in [0, 0.1) is 0 Å². The van der Waals surface area contributed by atoms with Crippen molar-refractivity contribution in [2.24, 2.45) is 5.11 Å². The summed E-state index contributed by atoms with van der Waals surface area (Å²) >= 11 is 0. The van der Waals surface area contributed by atoms with Crippen LogP contribution in [-0.2, 0) is 0 Å². The Morgan fingerprint density at radius 3 is 2.73 bits per heavy atom. The Labute approximate surface area is 88.5 Å². The van der Waals surface area contributed by atoms with E-state index in [2.05, 4.69) is 16.6 Å².